The first-order valence-electron chi connectivity index (χ1n) is 7.53. The number of hydrogen-bond donors (Lipinski definition) is 2. The van der Waals surface area contributed by atoms with Gasteiger partial charge in [-0.3, -0.25) is 4.79 Å². The number of aliphatic hydroxyl groups is 1. The van der Waals surface area contributed by atoms with Gasteiger partial charge in [-0.15, -0.1) is 0 Å². The van der Waals surface area contributed by atoms with E-state index in [4.69, 9.17) is 0 Å². The van der Waals surface area contributed by atoms with Crippen molar-refractivity contribution in [2.75, 3.05) is 5.32 Å². The van der Waals surface area contributed by atoms with E-state index in [-0.39, 0.29) is 18.4 Å². The molecule has 118 valence electrons. The maximum atomic E-state index is 11.8. The van der Waals surface area contributed by atoms with E-state index in [9.17, 15) is 9.90 Å². The molecule has 6 nitrogen and oxygen atoms in total. The molecule has 0 spiro atoms. The van der Waals surface area contributed by atoms with Gasteiger partial charge in [0.1, 0.15) is 5.01 Å². The first-order valence-corrected chi connectivity index (χ1v) is 8.34. The third-order valence-electron chi connectivity index (χ3n) is 3.92. The molecule has 1 aromatic carbocycles. The minimum Gasteiger partial charge on any atom is -0.390 e. The third kappa shape index (κ3) is 2.62. The molecule has 4 rings (SSSR count). The van der Waals surface area contributed by atoms with Crippen LogP contribution >= 0.6 is 11.3 Å². The lowest BCUT2D eigenvalue weighted by Crippen LogP contribution is -2.13. The first-order chi connectivity index (χ1) is 11.2. The molecular weight excluding hydrogens is 312 g/mol. The largest absolute Gasteiger partial charge is 0.390 e. The molecule has 1 aliphatic carbocycles. The normalized spacial score (nSPS) is 14.3. The van der Waals surface area contributed by atoms with Crippen molar-refractivity contribution in [3.8, 4) is 11.3 Å². The Labute approximate surface area is 136 Å². The number of nitrogens with one attached hydrogen (secondary N) is 1. The number of aliphatic hydroxyl groups excluding tert-OH is 1. The van der Waals surface area contributed by atoms with E-state index in [1.165, 1.54) is 11.3 Å². The molecule has 23 heavy (non-hydrogen) atoms. The Hall–Kier alpha value is -2.25. The van der Waals surface area contributed by atoms with Gasteiger partial charge in [0, 0.05) is 17.2 Å². The molecule has 0 unspecified atom stereocenters. The van der Waals surface area contributed by atoms with Gasteiger partial charge in [0.05, 0.1) is 18.0 Å². The highest BCUT2D eigenvalue weighted by molar-refractivity contribution is 7.16. The molecule has 3 aromatic rings. The van der Waals surface area contributed by atoms with Gasteiger partial charge >= 0.3 is 0 Å². The van der Waals surface area contributed by atoms with Crippen molar-refractivity contribution in [1.29, 1.82) is 0 Å². The summed E-state index contributed by atoms with van der Waals surface area (Å²) in [6.07, 6.45) is 1.98. The first kappa shape index (κ1) is 14.3. The van der Waals surface area contributed by atoms with E-state index < -0.39 is 0 Å². The number of rotatable bonds is 4. The van der Waals surface area contributed by atoms with Gasteiger partial charge in [-0.1, -0.05) is 23.5 Å². The lowest BCUT2D eigenvalue weighted by Gasteiger charge is -2.06. The van der Waals surface area contributed by atoms with Crippen molar-refractivity contribution < 1.29 is 9.90 Å². The van der Waals surface area contributed by atoms with Crippen LogP contribution in [0.1, 0.15) is 23.5 Å². The predicted molar refractivity (Wildman–Crippen MR) is 88.3 cm³/mol. The van der Waals surface area contributed by atoms with E-state index in [1.54, 1.807) is 4.52 Å². The van der Waals surface area contributed by atoms with Crippen LogP contribution in [0.3, 0.4) is 0 Å². The highest BCUT2D eigenvalue weighted by Gasteiger charge is 2.29. The van der Waals surface area contributed by atoms with Crippen LogP contribution in [0.15, 0.2) is 24.3 Å². The van der Waals surface area contributed by atoms with Crippen LogP contribution < -0.4 is 5.32 Å². The van der Waals surface area contributed by atoms with E-state index in [2.05, 4.69) is 15.4 Å². The predicted octanol–water partition coefficient (Wildman–Crippen LogP) is 2.61. The average Bonchev–Trinajstić information content (AvgIpc) is 3.25. The molecule has 7 heteroatoms. The SMILES string of the molecule is Cc1nn2c(CO)c(-c3ccc(NC(=O)C4CC4)cc3)nc2s1. The van der Waals surface area contributed by atoms with Crippen LogP contribution in [0.25, 0.3) is 16.2 Å². The van der Waals surface area contributed by atoms with E-state index >= 15 is 0 Å². The molecule has 1 fully saturated rings. The van der Waals surface area contributed by atoms with Crippen molar-refractivity contribution >= 4 is 27.9 Å². The van der Waals surface area contributed by atoms with E-state index in [0.29, 0.717) is 5.69 Å². The monoisotopic (exact) mass is 328 g/mol. The number of aromatic nitrogens is 3. The molecule has 1 saturated carbocycles. The maximum Gasteiger partial charge on any atom is 0.227 e. The lowest BCUT2D eigenvalue weighted by atomic mass is 10.1. The minimum absolute atomic E-state index is 0.0935. The number of imidazole rings is 1. The summed E-state index contributed by atoms with van der Waals surface area (Å²) in [5, 5.41) is 17.9. The molecule has 0 radical (unpaired) electrons. The van der Waals surface area contributed by atoms with Gasteiger partial charge in [0.25, 0.3) is 0 Å². The van der Waals surface area contributed by atoms with E-state index in [1.807, 2.05) is 31.2 Å². The van der Waals surface area contributed by atoms with Gasteiger partial charge in [-0.2, -0.15) is 5.10 Å². The van der Waals surface area contributed by atoms with Crippen molar-refractivity contribution in [2.45, 2.75) is 26.4 Å². The fraction of sp³-hybridized carbons (Fsp3) is 0.312. The number of anilines is 1. The molecule has 0 saturated heterocycles. The summed E-state index contributed by atoms with van der Waals surface area (Å²) in [4.78, 5) is 17.1. The summed E-state index contributed by atoms with van der Waals surface area (Å²) in [6.45, 7) is 1.79. The molecular formula is C16H16N4O2S. The molecule has 2 aromatic heterocycles. The minimum atomic E-state index is -0.125. The molecule has 1 amide bonds. The zero-order valence-corrected chi connectivity index (χ0v) is 13.4. The zero-order chi connectivity index (χ0) is 16.0. The van der Waals surface area contributed by atoms with Gasteiger partial charge in [0.15, 0.2) is 0 Å². The fourth-order valence-electron chi connectivity index (χ4n) is 2.56. The molecule has 2 N–H and O–H groups in total. The Morgan fingerprint density at radius 2 is 2.13 bits per heavy atom. The highest BCUT2D eigenvalue weighted by Crippen LogP contribution is 2.31. The Balaban J connectivity index is 1.64. The number of hydrogen-bond acceptors (Lipinski definition) is 5. The maximum absolute atomic E-state index is 11.8. The third-order valence-corrected chi connectivity index (χ3v) is 4.75. The van der Waals surface area contributed by atoms with Crippen LogP contribution in [0.2, 0.25) is 0 Å². The average molecular weight is 328 g/mol. The smallest absolute Gasteiger partial charge is 0.227 e. The van der Waals surface area contributed by atoms with Gasteiger partial charge in [-0.25, -0.2) is 9.50 Å². The molecule has 1 aliphatic rings. The quantitative estimate of drug-likeness (QED) is 0.771. The fourth-order valence-corrected chi connectivity index (χ4v) is 3.32. The van der Waals surface area contributed by atoms with E-state index in [0.717, 1.165) is 39.8 Å². The van der Waals surface area contributed by atoms with Crippen LogP contribution in [-0.2, 0) is 11.4 Å². The number of fused-ring (bicyclic) bond motifs is 1. The van der Waals surface area contributed by atoms with Crippen molar-refractivity contribution in [1.82, 2.24) is 14.6 Å². The topological polar surface area (TPSA) is 79.5 Å². The van der Waals surface area contributed by atoms with Crippen LogP contribution in [0, 0.1) is 12.8 Å². The van der Waals surface area contributed by atoms with Crippen molar-refractivity contribution in [2.24, 2.45) is 5.92 Å². The summed E-state index contributed by atoms with van der Waals surface area (Å²) in [5.74, 6) is 0.279. The highest BCUT2D eigenvalue weighted by atomic mass is 32.1. The van der Waals surface area contributed by atoms with Crippen molar-refractivity contribution in [3.05, 3.63) is 35.0 Å². The van der Waals surface area contributed by atoms with Crippen LogP contribution in [0.4, 0.5) is 5.69 Å². The Bertz CT molecular complexity index is 878. The Morgan fingerprint density at radius 1 is 1.39 bits per heavy atom. The van der Waals surface area contributed by atoms with Crippen molar-refractivity contribution in [3.63, 3.8) is 0 Å². The van der Waals surface area contributed by atoms with Crippen LogP contribution in [-0.4, -0.2) is 25.6 Å². The summed E-state index contributed by atoms with van der Waals surface area (Å²) in [6, 6.07) is 7.54. The summed E-state index contributed by atoms with van der Waals surface area (Å²) in [5.41, 5.74) is 3.09. The Morgan fingerprint density at radius 3 is 2.78 bits per heavy atom. The van der Waals surface area contributed by atoms with Crippen LogP contribution in [0.5, 0.6) is 0 Å². The standard InChI is InChI=1S/C16H16N4O2S/c1-9-19-20-13(8-21)14(18-16(20)23-9)10-4-6-12(7-5-10)17-15(22)11-2-3-11/h4-7,11,21H,2-3,8H2,1H3,(H,17,22). The summed E-state index contributed by atoms with van der Waals surface area (Å²) >= 11 is 1.49. The molecule has 0 atom stereocenters. The van der Waals surface area contributed by atoms with Gasteiger partial charge in [-0.05, 0) is 31.9 Å². The molecule has 0 bridgehead atoms. The number of nitrogens with zero attached hydrogens (tertiary/aromatic N) is 3. The Kier molecular flexibility index (Phi) is 3.39. The second-order valence-corrected chi connectivity index (χ2v) is 6.88. The van der Waals surface area contributed by atoms with Gasteiger partial charge < -0.3 is 10.4 Å². The number of carbonyl (C=O) groups is 1. The number of benzene rings is 1. The number of carbonyl (C=O) groups excluding carboxylic acids is 1. The summed E-state index contributed by atoms with van der Waals surface area (Å²) < 4.78 is 1.69. The zero-order valence-electron chi connectivity index (χ0n) is 12.6. The lowest BCUT2D eigenvalue weighted by molar-refractivity contribution is -0.117. The number of aryl methyl sites for hydroxylation is 1. The van der Waals surface area contributed by atoms with Gasteiger partial charge in [0.2, 0.25) is 10.9 Å². The molecule has 0 aliphatic heterocycles. The second-order valence-electron chi connectivity index (χ2n) is 5.72. The molecule has 2 heterocycles. The second kappa shape index (κ2) is 5.43. The number of amides is 1. The summed E-state index contributed by atoms with van der Waals surface area (Å²) in [7, 11) is 0.